The van der Waals surface area contributed by atoms with Gasteiger partial charge in [-0.3, -0.25) is 4.79 Å². The van der Waals surface area contributed by atoms with Crippen molar-refractivity contribution in [2.75, 3.05) is 11.9 Å². The zero-order valence-electron chi connectivity index (χ0n) is 17.7. The number of nitrogens with one attached hydrogen (secondary N) is 1. The summed E-state index contributed by atoms with van der Waals surface area (Å²) in [7, 11) is 0. The van der Waals surface area contributed by atoms with Crippen molar-refractivity contribution in [3.63, 3.8) is 0 Å². The third kappa shape index (κ3) is 3.96. The Hall–Kier alpha value is -3.45. The number of anilines is 1. The van der Waals surface area contributed by atoms with Gasteiger partial charge in [0.1, 0.15) is 16.5 Å². The zero-order valence-corrected chi connectivity index (χ0v) is 18.6. The maximum Gasteiger partial charge on any atom is 0.341 e. The van der Waals surface area contributed by atoms with Crippen molar-refractivity contribution < 1.29 is 18.7 Å². The molecule has 0 aliphatic heterocycles. The molecule has 0 aliphatic rings. The number of pyridine rings is 1. The lowest BCUT2D eigenvalue weighted by Gasteiger charge is -2.10. The van der Waals surface area contributed by atoms with Crippen molar-refractivity contribution in [3.8, 4) is 11.5 Å². The normalized spacial score (nSPS) is 11.0. The number of thiophene rings is 1. The molecule has 4 aromatic rings. The smallest absolute Gasteiger partial charge is 0.341 e. The number of amides is 1. The number of carbonyl (C=O) groups excluding carboxylic acids is 2. The Morgan fingerprint density at radius 2 is 1.90 bits per heavy atom. The molecule has 0 bridgehead atoms. The summed E-state index contributed by atoms with van der Waals surface area (Å²) in [5.74, 6) is 0.591. The SMILES string of the molecule is CCOC(=O)c1c(NC(=O)c2cc(-c3ccc(C)o3)nc3ccccc23)sc(C)c1C. The number of aryl methyl sites for hydroxylation is 2. The Bertz CT molecular complexity index is 1300. The van der Waals surface area contributed by atoms with E-state index in [1.165, 1.54) is 11.3 Å². The maximum atomic E-state index is 13.4. The monoisotopic (exact) mass is 434 g/mol. The van der Waals surface area contributed by atoms with Gasteiger partial charge >= 0.3 is 5.97 Å². The number of rotatable bonds is 5. The van der Waals surface area contributed by atoms with Crippen LogP contribution in [0, 0.1) is 20.8 Å². The van der Waals surface area contributed by atoms with Crippen LogP contribution in [-0.2, 0) is 4.74 Å². The number of furan rings is 1. The minimum Gasteiger partial charge on any atom is -0.462 e. The Balaban J connectivity index is 1.78. The fraction of sp³-hybridized carbons (Fsp3) is 0.208. The third-order valence-electron chi connectivity index (χ3n) is 5.05. The largest absolute Gasteiger partial charge is 0.462 e. The van der Waals surface area contributed by atoms with E-state index in [0.717, 1.165) is 21.6 Å². The second-order valence-corrected chi connectivity index (χ2v) is 8.37. The predicted octanol–water partition coefficient (Wildman–Crippen LogP) is 5.91. The van der Waals surface area contributed by atoms with Crippen LogP contribution in [0.4, 0.5) is 5.00 Å². The fourth-order valence-electron chi connectivity index (χ4n) is 3.40. The van der Waals surface area contributed by atoms with E-state index in [4.69, 9.17) is 9.15 Å². The fourth-order valence-corrected chi connectivity index (χ4v) is 4.44. The van der Waals surface area contributed by atoms with Gasteiger partial charge in [0.2, 0.25) is 0 Å². The van der Waals surface area contributed by atoms with E-state index in [1.807, 2.05) is 57.2 Å². The number of hydrogen-bond acceptors (Lipinski definition) is 6. The lowest BCUT2D eigenvalue weighted by molar-refractivity contribution is 0.0527. The van der Waals surface area contributed by atoms with Gasteiger partial charge in [-0.2, -0.15) is 0 Å². The van der Waals surface area contributed by atoms with Crippen LogP contribution in [0.25, 0.3) is 22.4 Å². The standard InChI is InChI=1S/C24H22N2O4S/c1-5-29-24(28)21-14(3)15(4)31-23(21)26-22(27)17-12-19(20-11-10-13(2)30-20)25-18-9-7-6-8-16(17)18/h6-12H,5H2,1-4H3,(H,26,27). The summed E-state index contributed by atoms with van der Waals surface area (Å²) < 4.78 is 10.9. The summed E-state index contributed by atoms with van der Waals surface area (Å²) in [6.45, 7) is 7.65. The molecule has 0 saturated heterocycles. The Morgan fingerprint density at radius 1 is 1.13 bits per heavy atom. The van der Waals surface area contributed by atoms with Gasteiger partial charge < -0.3 is 14.5 Å². The molecule has 0 spiro atoms. The van der Waals surface area contributed by atoms with E-state index in [0.29, 0.717) is 33.1 Å². The van der Waals surface area contributed by atoms with Crippen LogP contribution >= 0.6 is 11.3 Å². The molecule has 7 heteroatoms. The topological polar surface area (TPSA) is 81.4 Å². The number of para-hydroxylation sites is 1. The number of ether oxygens (including phenoxy) is 1. The molecule has 31 heavy (non-hydrogen) atoms. The average Bonchev–Trinajstić information content (AvgIpc) is 3.30. The minimum atomic E-state index is -0.439. The summed E-state index contributed by atoms with van der Waals surface area (Å²) in [4.78, 5) is 31.4. The molecule has 0 unspecified atom stereocenters. The molecule has 4 rings (SSSR count). The summed E-state index contributed by atoms with van der Waals surface area (Å²) in [5.41, 5.74) is 2.92. The first-order chi connectivity index (χ1) is 14.9. The highest BCUT2D eigenvalue weighted by molar-refractivity contribution is 7.16. The number of hydrogen-bond donors (Lipinski definition) is 1. The number of benzene rings is 1. The van der Waals surface area contributed by atoms with Crippen LogP contribution in [0.1, 0.15) is 43.8 Å². The van der Waals surface area contributed by atoms with Gasteiger partial charge in [0.15, 0.2) is 5.76 Å². The molecular formula is C24H22N2O4S. The van der Waals surface area contributed by atoms with Gasteiger partial charge in [0.05, 0.1) is 23.3 Å². The van der Waals surface area contributed by atoms with Crippen molar-refractivity contribution in [2.24, 2.45) is 0 Å². The van der Waals surface area contributed by atoms with Gasteiger partial charge in [-0.1, -0.05) is 18.2 Å². The average molecular weight is 435 g/mol. The molecule has 1 N–H and O–H groups in total. The molecule has 0 atom stereocenters. The lowest BCUT2D eigenvalue weighted by Crippen LogP contribution is -2.15. The lowest BCUT2D eigenvalue weighted by atomic mass is 10.1. The van der Waals surface area contributed by atoms with Crippen molar-refractivity contribution >= 4 is 39.1 Å². The van der Waals surface area contributed by atoms with E-state index >= 15 is 0 Å². The molecular weight excluding hydrogens is 412 g/mol. The van der Waals surface area contributed by atoms with Crippen molar-refractivity contribution in [2.45, 2.75) is 27.7 Å². The van der Waals surface area contributed by atoms with E-state index in [-0.39, 0.29) is 12.5 Å². The predicted molar refractivity (Wildman–Crippen MR) is 122 cm³/mol. The molecule has 3 aromatic heterocycles. The quantitative estimate of drug-likeness (QED) is 0.395. The molecule has 158 valence electrons. The number of aromatic nitrogens is 1. The molecule has 0 aliphatic carbocycles. The van der Waals surface area contributed by atoms with Crippen LogP contribution in [0.2, 0.25) is 0 Å². The molecule has 0 radical (unpaired) electrons. The van der Waals surface area contributed by atoms with E-state index < -0.39 is 5.97 Å². The van der Waals surface area contributed by atoms with Crippen LogP contribution in [-0.4, -0.2) is 23.5 Å². The molecule has 6 nitrogen and oxygen atoms in total. The van der Waals surface area contributed by atoms with Crippen LogP contribution in [0.3, 0.4) is 0 Å². The van der Waals surface area contributed by atoms with Crippen molar-refractivity contribution in [1.29, 1.82) is 0 Å². The molecule has 3 heterocycles. The Labute approximate surface area is 183 Å². The highest BCUT2D eigenvalue weighted by Crippen LogP contribution is 2.34. The highest BCUT2D eigenvalue weighted by atomic mass is 32.1. The number of esters is 1. The first kappa shape index (κ1) is 20.8. The Morgan fingerprint density at radius 3 is 2.61 bits per heavy atom. The minimum absolute atomic E-state index is 0.265. The van der Waals surface area contributed by atoms with E-state index in [9.17, 15) is 9.59 Å². The number of nitrogens with zero attached hydrogens (tertiary/aromatic N) is 1. The molecule has 0 saturated carbocycles. The van der Waals surface area contributed by atoms with Crippen LogP contribution in [0.15, 0.2) is 46.9 Å². The number of fused-ring (bicyclic) bond motifs is 1. The first-order valence-corrected chi connectivity index (χ1v) is 10.8. The summed E-state index contributed by atoms with van der Waals surface area (Å²) in [5, 5.41) is 4.12. The summed E-state index contributed by atoms with van der Waals surface area (Å²) in [6.07, 6.45) is 0. The van der Waals surface area contributed by atoms with E-state index in [1.54, 1.807) is 13.0 Å². The van der Waals surface area contributed by atoms with Crippen molar-refractivity contribution in [1.82, 2.24) is 4.98 Å². The number of carbonyl (C=O) groups is 2. The van der Waals surface area contributed by atoms with Crippen LogP contribution < -0.4 is 5.32 Å². The second-order valence-electron chi connectivity index (χ2n) is 7.14. The highest BCUT2D eigenvalue weighted by Gasteiger charge is 2.23. The summed E-state index contributed by atoms with van der Waals surface area (Å²) >= 11 is 1.36. The molecule has 0 fully saturated rings. The molecule has 1 aromatic carbocycles. The second kappa shape index (κ2) is 8.35. The van der Waals surface area contributed by atoms with Gasteiger partial charge in [0, 0.05) is 10.3 Å². The van der Waals surface area contributed by atoms with E-state index in [2.05, 4.69) is 10.3 Å². The van der Waals surface area contributed by atoms with Crippen molar-refractivity contribution in [3.05, 3.63) is 69.8 Å². The van der Waals surface area contributed by atoms with Crippen LogP contribution in [0.5, 0.6) is 0 Å². The van der Waals surface area contributed by atoms with Gasteiger partial charge in [-0.05, 0) is 57.5 Å². The maximum absolute atomic E-state index is 13.4. The van der Waals surface area contributed by atoms with Gasteiger partial charge in [-0.15, -0.1) is 11.3 Å². The Kier molecular flexibility index (Phi) is 5.61. The van der Waals surface area contributed by atoms with Gasteiger partial charge in [-0.25, -0.2) is 9.78 Å². The third-order valence-corrected chi connectivity index (χ3v) is 6.17. The zero-order chi connectivity index (χ0) is 22.1. The summed E-state index contributed by atoms with van der Waals surface area (Å²) in [6, 6.07) is 12.8. The molecule has 1 amide bonds. The van der Waals surface area contributed by atoms with Gasteiger partial charge in [0.25, 0.3) is 5.91 Å². The first-order valence-electron chi connectivity index (χ1n) is 9.94.